The molecule has 1 aromatic carbocycles. The molecule has 0 aliphatic rings. The highest BCUT2D eigenvalue weighted by Crippen LogP contribution is 2.27. The fourth-order valence-electron chi connectivity index (χ4n) is 2.31. The standard InChI is InChI=1S/C16H18O3S/c1-9-5-10(2)15(11(3)6-9)19-8-13-7-14(16(17)18)20-12(13)4/h5-7H,8H2,1-4H3,(H,17,18). The highest BCUT2D eigenvalue weighted by Gasteiger charge is 2.12. The molecule has 0 saturated carbocycles. The normalized spacial score (nSPS) is 10.6. The van der Waals surface area contributed by atoms with Crippen LogP contribution in [0.15, 0.2) is 18.2 Å². The van der Waals surface area contributed by atoms with Crippen LogP contribution >= 0.6 is 11.3 Å². The number of carboxylic acids is 1. The van der Waals surface area contributed by atoms with Gasteiger partial charge < -0.3 is 9.84 Å². The fourth-order valence-corrected chi connectivity index (χ4v) is 3.18. The summed E-state index contributed by atoms with van der Waals surface area (Å²) < 4.78 is 5.90. The van der Waals surface area contributed by atoms with Crippen molar-refractivity contribution in [3.8, 4) is 5.75 Å². The lowest BCUT2D eigenvalue weighted by Gasteiger charge is -2.13. The molecule has 2 rings (SSSR count). The molecule has 0 unspecified atom stereocenters. The van der Waals surface area contributed by atoms with Gasteiger partial charge in [0.05, 0.1) is 0 Å². The zero-order chi connectivity index (χ0) is 14.9. The summed E-state index contributed by atoms with van der Waals surface area (Å²) >= 11 is 1.29. The van der Waals surface area contributed by atoms with Crippen molar-refractivity contribution in [3.05, 3.63) is 50.2 Å². The van der Waals surface area contributed by atoms with Crippen molar-refractivity contribution in [2.24, 2.45) is 0 Å². The van der Waals surface area contributed by atoms with Gasteiger partial charge in [0.15, 0.2) is 0 Å². The van der Waals surface area contributed by atoms with E-state index >= 15 is 0 Å². The molecule has 1 heterocycles. The van der Waals surface area contributed by atoms with Gasteiger partial charge in [0.2, 0.25) is 0 Å². The Hall–Kier alpha value is -1.81. The zero-order valence-electron chi connectivity index (χ0n) is 12.1. The molecule has 0 radical (unpaired) electrons. The van der Waals surface area contributed by atoms with Crippen LogP contribution in [0.2, 0.25) is 0 Å². The summed E-state index contributed by atoms with van der Waals surface area (Å²) in [6.45, 7) is 8.44. The van der Waals surface area contributed by atoms with Crippen molar-refractivity contribution >= 4 is 17.3 Å². The summed E-state index contributed by atoms with van der Waals surface area (Å²) in [5.74, 6) is 0.00474. The lowest BCUT2D eigenvalue weighted by Crippen LogP contribution is -2.00. The first kappa shape index (κ1) is 14.6. The maximum atomic E-state index is 11.0. The first-order chi connectivity index (χ1) is 9.38. The van der Waals surface area contributed by atoms with Crippen molar-refractivity contribution in [2.45, 2.75) is 34.3 Å². The van der Waals surface area contributed by atoms with Gasteiger partial charge in [-0.3, -0.25) is 0 Å². The SMILES string of the molecule is Cc1cc(C)c(OCc2cc(C(=O)O)sc2C)c(C)c1. The van der Waals surface area contributed by atoms with Crippen LogP contribution in [0.5, 0.6) is 5.75 Å². The van der Waals surface area contributed by atoms with E-state index in [-0.39, 0.29) is 0 Å². The van der Waals surface area contributed by atoms with Gasteiger partial charge in [-0.1, -0.05) is 17.7 Å². The predicted octanol–water partition coefficient (Wildman–Crippen LogP) is 4.26. The molecule has 0 aliphatic carbocycles. The average molecular weight is 290 g/mol. The van der Waals surface area contributed by atoms with E-state index in [0.29, 0.717) is 11.5 Å². The quantitative estimate of drug-likeness (QED) is 0.915. The molecule has 3 nitrogen and oxygen atoms in total. The van der Waals surface area contributed by atoms with Crippen LogP contribution in [0.4, 0.5) is 0 Å². The summed E-state index contributed by atoms with van der Waals surface area (Å²) in [5, 5.41) is 9.00. The van der Waals surface area contributed by atoms with Gasteiger partial charge in [0, 0.05) is 10.4 Å². The Labute approximate surface area is 122 Å². The number of carbonyl (C=O) groups is 1. The van der Waals surface area contributed by atoms with Crippen LogP contribution < -0.4 is 4.74 Å². The monoisotopic (exact) mass is 290 g/mol. The molecule has 0 bridgehead atoms. The van der Waals surface area contributed by atoms with Crippen LogP contribution in [0.1, 0.15) is 36.8 Å². The summed E-state index contributed by atoms with van der Waals surface area (Å²) in [6.07, 6.45) is 0. The van der Waals surface area contributed by atoms with Crippen molar-refractivity contribution in [1.82, 2.24) is 0 Å². The molecule has 0 amide bonds. The Balaban J connectivity index is 2.19. The molecule has 2 aromatic rings. The first-order valence-corrected chi connectivity index (χ1v) is 7.23. The van der Waals surface area contributed by atoms with Crippen molar-refractivity contribution < 1.29 is 14.6 Å². The number of aryl methyl sites for hydroxylation is 4. The smallest absolute Gasteiger partial charge is 0.345 e. The van der Waals surface area contributed by atoms with Gasteiger partial charge in [-0.2, -0.15) is 0 Å². The van der Waals surface area contributed by atoms with Gasteiger partial charge in [0.25, 0.3) is 0 Å². The predicted molar refractivity (Wildman–Crippen MR) is 81.0 cm³/mol. The number of hydrogen-bond acceptors (Lipinski definition) is 3. The van der Waals surface area contributed by atoms with Crippen LogP contribution in [0.3, 0.4) is 0 Å². The number of ether oxygens (including phenoxy) is 1. The lowest BCUT2D eigenvalue weighted by molar-refractivity contribution is 0.0702. The molecule has 4 heteroatoms. The number of benzene rings is 1. The maximum Gasteiger partial charge on any atom is 0.345 e. The van der Waals surface area contributed by atoms with E-state index in [0.717, 1.165) is 27.3 Å². The molecule has 0 atom stereocenters. The number of carboxylic acid groups (broad SMARTS) is 1. The Bertz CT molecular complexity index is 633. The highest BCUT2D eigenvalue weighted by atomic mass is 32.1. The average Bonchev–Trinajstić information content (AvgIpc) is 2.70. The first-order valence-electron chi connectivity index (χ1n) is 6.41. The second-order valence-corrected chi connectivity index (χ2v) is 6.27. The van der Waals surface area contributed by atoms with E-state index in [9.17, 15) is 4.79 Å². The molecule has 1 aromatic heterocycles. The Morgan fingerprint density at radius 2 is 1.75 bits per heavy atom. The molecular weight excluding hydrogens is 272 g/mol. The van der Waals surface area contributed by atoms with Crippen LogP contribution in [0, 0.1) is 27.7 Å². The van der Waals surface area contributed by atoms with Gasteiger partial charge in [0.1, 0.15) is 17.2 Å². The van der Waals surface area contributed by atoms with Crippen LogP contribution in [0.25, 0.3) is 0 Å². The minimum atomic E-state index is -0.882. The summed E-state index contributed by atoms with van der Waals surface area (Å²) in [7, 11) is 0. The van der Waals surface area contributed by atoms with Crippen LogP contribution in [-0.2, 0) is 6.61 Å². The van der Waals surface area contributed by atoms with Crippen molar-refractivity contribution in [3.63, 3.8) is 0 Å². The third kappa shape index (κ3) is 3.02. The zero-order valence-corrected chi connectivity index (χ0v) is 12.9. The molecule has 0 spiro atoms. The van der Waals surface area contributed by atoms with E-state index in [2.05, 4.69) is 19.1 Å². The van der Waals surface area contributed by atoms with Gasteiger partial charge in [-0.05, 0) is 44.9 Å². The third-order valence-electron chi connectivity index (χ3n) is 3.21. The topological polar surface area (TPSA) is 46.5 Å². The van der Waals surface area contributed by atoms with Crippen molar-refractivity contribution in [2.75, 3.05) is 0 Å². The second-order valence-electron chi connectivity index (χ2n) is 5.01. The van der Waals surface area contributed by atoms with Crippen LogP contribution in [-0.4, -0.2) is 11.1 Å². The summed E-state index contributed by atoms with van der Waals surface area (Å²) in [6, 6.07) is 5.87. The number of hydrogen-bond donors (Lipinski definition) is 1. The summed E-state index contributed by atoms with van der Waals surface area (Å²) in [5.41, 5.74) is 4.36. The van der Waals surface area contributed by atoms with E-state index < -0.39 is 5.97 Å². The molecule has 0 aliphatic heterocycles. The van der Waals surface area contributed by atoms with E-state index in [1.54, 1.807) is 6.07 Å². The van der Waals surface area contributed by atoms with Gasteiger partial charge in [-0.15, -0.1) is 11.3 Å². The minimum Gasteiger partial charge on any atom is -0.488 e. The van der Waals surface area contributed by atoms with Gasteiger partial charge in [-0.25, -0.2) is 4.79 Å². The molecule has 20 heavy (non-hydrogen) atoms. The Morgan fingerprint density at radius 3 is 2.25 bits per heavy atom. The lowest BCUT2D eigenvalue weighted by atomic mass is 10.1. The number of thiophene rings is 1. The molecular formula is C16H18O3S. The minimum absolute atomic E-state index is 0.360. The molecule has 0 saturated heterocycles. The number of aromatic carboxylic acids is 1. The Kier molecular flexibility index (Phi) is 4.14. The highest BCUT2D eigenvalue weighted by molar-refractivity contribution is 7.14. The third-order valence-corrected chi connectivity index (χ3v) is 4.29. The van der Waals surface area contributed by atoms with Crippen molar-refractivity contribution in [1.29, 1.82) is 0 Å². The molecule has 1 N–H and O–H groups in total. The fraction of sp³-hybridized carbons (Fsp3) is 0.312. The second kappa shape index (κ2) is 5.67. The largest absolute Gasteiger partial charge is 0.488 e. The maximum absolute atomic E-state index is 11.0. The molecule has 106 valence electrons. The Morgan fingerprint density at radius 1 is 1.15 bits per heavy atom. The number of rotatable bonds is 4. The van der Waals surface area contributed by atoms with E-state index in [4.69, 9.17) is 9.84 Å². The van der Waals surface area contributed by atoms with E-state index in [1.807, 2.05) is 20.8 Å². The van der Waals surface area contributed by atoms with E-state index in [1.165, 1.54) is 16.9 Å². The summed E-state index contributed by atoms with van der Waals surface area (Å²) in [4.78, 5) is 12.3. The molecule has 0 fully saturated rings. The van der Waals surface area contributed by atoms with Gasteiger partial charge >= 0.3 is 5.97 Å².